The van der Waals surface area contributed by atoms with E-state index in [9.17, 15) is 18.7 Å². The van der Waals surface area contributed by atoms with Crippen molar-refractivity contribution in [1.82, 2.24) is 19.8 Å². The van der Waals surface area contributed by atoms with Crippen molar-refractivity contribution in [2.75, 3.05) is 19.6 Å². The second-order valence-electron chi connectivity index (χ2n) is 9.47. The first-order valence-corrected chi connectivity index (χ1v) is 12.3. The highest BCUT2D eigenvalue weighted by Gasteiger charge is 2.34. The van der Waals surface area contributed by atoms with Crippen LogP contribution in [0.4, 0.5) is 8.78 Å². The fraction of sp³-hybridized carbons (Fsp3) is 0.407. The maximum atomic E-state index is 13.9. The van der Waals surface area contributed by atoms with Gasteiger partial charge in [0.2, 0.25) is 0 Å². The SMILES string of the molecule is O=C(c1ncn([C@H]2CCCC[C@H]2O)c1-c1ccccc1)N1CCNC[C@H]1Cc1cc(F)cc(F)c1. The smallest absolute Gasteiger partial charge is 0.275 e. The van der Waals surface area contributed by atoms with Crippen molar-refractivity contribution < 1.29 is 18.7 Å². The number of nitrogens with zero attached hydrogens (tertiary/aromatic N) is 3. The molecule has 0 radical (unpaired) electrons. The number of hydrogen-bond donors (Lipinski definition) is 2. The van der Waals surface area contributed by atoms with E-state index in [1.807, 2.05) is 34.9 Å². The van der Waals surface area contributed by atoms with E-state index in [2.05, 4.69) is 10.3 Å². The first-order valence-electron chi connectivity index (χ1n) is 12.3. The summed E-state index contributed by atoms with van der Waals surface area (Å²) < 4.78 is 29.5. The maximum Gasteiger partial charge on any atom is 0.275 e. The van der Waals surface area contributed by atoms with Gasteiger partial charge in [0.05, 0.1) is 24.2 Å². The topological polar surface area (TPSA) is 70.4 Å². The number of aliphatic hydroxyl groups excluding tert-OH is 1. The fourth-order valence-electron chi connectivity index (χ4n) is 5.41. The number of imidazole rings is 1. The summed E-state index contributed by atoms with van der Waals surface area (Å²) in [5, 5.41) is 14.0. The molecule has 0 bridgehead atoms. The molecular weight excluding hydrogens is 450 g/mol. The van der Waals surface area contributed by atoms with E-state index < -0.39 is 17.7 Å². The molecule has 3 atom stereocenters. The van der Waals surface area contributed by atoms with Gasteiger partial charge in [0.25, 0.3) is 5.91 Å². The zero-order valence-corrected chi connectivity index (χ0v) is 19.5. The second-order valence-corrected chi connectivity index (χ2v) is 9.47. The Balaban J connectivity index is 1.50. The molecule has 0 unspecified atom stereocenters. The molecule has 2 N–H and O–H groups in total. The lowest BCUT2D eigenvalue weighted by Crippen LogP contribution is -2.54. The summed E-state index contributed by atoms with van der Waals surface area (Å²) in [4.78, 5) is 20.2. The highest BCUT2D eigenvalue weighted by molar-refractivity contribution is 5.98. The number of piperazine rings is 1. The number of aliphatic hydroxyl groups is 1. The van der Waals surface area contributed by atoms with E-state index in [4.69, 9.17) is 0 Å². The van der Waals surface area contributed by atoms with E-state index in [0.29, 0.717) is 43.0 Å². The molecule has 2 aromatic carbocycles. The van der Waals surface area contributed by atoms with Crippen molar-refractivity contribution in [3.05, 3.63) is 77.8 Å². The minimum absolute atomic E-state index is 0.137. The minimum Gasteiger partial charge on any atom is -0.391 e. The largest absolute Gasteiger partial charge is 0.391 e. The number of rotatable bonds is 5. The highest BCUT2D eigenvalue weighted by Crippen LogP contribution is 2.35. The minimum atomic E-state index is -0.627. The molecule has 2 fully saturated rings. The monoisotopic (exact) mass is 480 g/mol. The van der Waals surface area contributed by atoms with Crippen LogP contribution in [0.15, 0.2) is 54.9 Å². The lowest BCUT2D eigenvalue weighted by atomic mass is 9.92. The lowest BCUT2D eigenvalue weighted by Gasteiger charge is -2.36. The van der Waals surface area contributed by atoms with Crippen molar-refractivity contribution in [3.8, 4) is 11.3 Å². The molecular formula is C27H30F2N4O2. The van der Waals surface area contributed by atoms with Crippen LogP contribution in [0.5, 0.6) is 0 Å². The molecule has 3 aromatic rings. The summed E-state index contributed by atoms with van der Waals surface area (Å²) in [6, 6.07) is 12.7. The first kappa shape index (κ1) is 23.6. The van der Waals surface area contributed by atoms with Gasteiger partial charge in [-0.25, -0.2) is 13.8 Å². The van der Waals surface area contributed by atoms with E-state index in [1.54, 1.807) is 11.2 Å². The molecule has 1 aliphatic carbocycles. The van der Waals surface area contributed by atoms with Crippen LogP contribution >= 0.6 is 0 Å². The number of halogens is 2. The summed E-state index contributed by atoms with van der Waals surface area (Å²) >= 11 is 0. The number of carbonyl (C=O) groups is 1. The molecule has 1 aromatic heterocycles. The molecule has 8 heteroatoms. The van der Waals surface area contributed by atoms with E-state index in [0.717, 1.165) is 37.3 Å². The predicted octanol–water partition coefficient (Wildman–Crippen LogP) is 3.96. The van der Waals surface area contributed by atoms with Crippen molar-refractivity contribution in [3.63, 3.8) is 0 Å². The summed E-state index contributed by atoms with van der Waals surface area (Å²) in [6.45, 7) is 1.61. The van der Waals surface area contributed by atoms with Gasteiger partial charge < -0.3 is 19.9 Å². The molecule has 0 spiro atoms. The molecule has 1 aliphatic heterocycles. The number of aromatic nitrogens is 2. The number of nitrogens with one attached hydrogen (secondary N) is 1. The summed E-state index contributed by atoms with van der Waals surface area (Å²) in [5.74, 6) is -1.47. The van der Waals surface area contributed by atoms with Gasteiger partial charge in [0.1, 0.15) is 11.6 Å². The van der Waals surface area contributed by atoms with Crippen LogP contribution < -0.4 is 5.32 Å². The molecule has 1 amide bonds. The van der Waals surface area contributed by atoms with Crippen LogP contribution in [0.3, 0.4) is 0 Å². The number of benzene rings is 2. The van der Waals surface area contributed by atoms with E-state index in [1.165, 1.54) is 12.1 Å². The third-order valence-corrected chi connectivity index (χ3v) is 7.10. The Morgan fingerprint density at radius 3 is 2.57 bits per heavy atom. The van der Waals surface area contributed by atoms with Crippen LogP contribution in [0, 0.1) is 11.6 Å². The average molecular weight is 481 g/mol. The zero-order chi connectivity index (χ0) is 24.4. The van der Waals surface area contributed by atoms with Crippen molar-refractivity contribution >= 4 is 5.91 Å². The molecule has 184 valence electrons. The van der Waals surface area contributed by atoms with Gasteiger partial charge >= 0.3 is 0 Å². The Hall–Kier alpha value is -3.10. The Labute approximate surface area is 203 Å². The Morgan fingerprint density at radius 1 is 1.09 bits per heavy atom. The van der Waals surface area contributed by atoms with Gasteiger partial charge in [-0.05, 0) is 37.0 Å². The molecule has 6 nitrogen and oxygen atoms in total. The van der Waals surface area contributed by atoms with Crippen molar-refractivity contribution in [2.24, 2.45) is 0 Å². The van der Waals surface area contributed by atoms with Crippen LogP contribution in [-0.4, -0.2) is 57.2 Å². The predicted molar refractivity (Wildman–Crippen MR) is 129 cm³/mol. The fourth-order valence-corrected chi connectivity index (χ4v) is 5.41. The molecule has 5 rings (SSSR count). The van der Waals surface area contributed by atoms with Crippen molar-refractivity contribution in [1.29, 1.82) is 0 Å². The summed E-state index contributed by atoms with van der Waals surface area (Å²) in [5.41, 5.74) is 2.42. The molecule has 35 heavy (non-hydrogen) atoms. The lowest BCUT2D eigenvalue weighted by molar-refractivity contribution is 0.0628. The zero-order valence-electron chi connectivity index (χ0n) is 19.5. The molecule has 1 saturated heterocycles. The molecule has 1 saturated carbocycles. The normalized spacial score (nSPS) is 22.8. The quantitative estimate of drug-likeness (QED) is 0.580. The summed E-state index contributed by atoms with van der Waals surface area (Å²) in [6.07, 6.45) is 5.07. The van der Waals surface area contributed by atoms with Gasteiger partial charge in [-0.2, -0.15) is 0 Å². The maximum absolute atomic E-state index is 13.9. The first-order chi connectivity index (χ1) is 17.0. The van der Waals surface area contributed by atoms with Crippen LogP contribution in [0.1, 0.15) is 47.8 Å². The third kappa shape index (κ3) is 4.99. The van der Waals surface area contributed by atoms with Crippen LogP contribution in [0.2, 0.25) is 0 Å². The highest BCUT2D eigenvalue weighted by atomic mass is 19.1. The Kier molecular flexibility index (Phi) is 6.92. The van der Waals surface area contributed by atoms with Gasteiger partial charge in [0.15, 0.2) is 5.69 Å². The van der Waals surface area contributed by atoms with Crippen LogP contribution in [-0.2, 0) is 6.42 Å². The second kappa shape index (κ2) is 10.3. The van der Waals surface area contributed by atoms with Crippen LogP contribution in [0.25, 0.3) is 11.3 Å². The standard InChI is InChI=1S/C27H30F2N4O2/c28-20-12-18(13-21(29)15-20)14-22-16-30-10-11-32(22)27(35)25-26(19-6-2-1-3-7-19)33(17-31-25)23-8-4-5-9-24(23)34/h1-3,6-7,12-13,15,17,22-24,30,34H,4-5,8-11,14,16H2/t22-,23+,24-/m1/s1. The third-order valence-electron chi connectivity index (χ3n) is 7.10. The van der Waals surface area contributed by atoms with E-state index in [-0.39, 0.29) is 18.0 Å². The number of hydrogen-bond acceptors (Lipinski definition) is 4. The molecule has 2 aliphatic rings. The Bertz CT molecular complexity index is 1160. The number of amides is 1. The summed E-state index contributed by atoms with van der Waals surface area (Å²) in [7, 11) is 0. The van der Waals surface area contributed by atoms with Crippen molar-refractivity contribution in [2.45, 2.75) is 50.3 Å². The van der Waals surface area contributed by atoms with Gasteiger partial charge in [-0.1, -0.05) is 43.2 Å². The van der Waals surface area contributed by atoms with Gasteiger partial charge in [0, 0.05) is 37.3 Å². The molecule has 2 heterocycles. The van der Waals surface area contributed by atoms with Gasteiger partial charge in [-0.3, -0.25) is 4.79 Å². The number of carbonyl (C=O) groups excluding carboxylic acids is 1. The Morgan fingerprint density at radius 2 is 1.83 bits per heavy atom. The van der Waals surface area contributed by atoms with E-state index >= 15 is 0 Å². The van der Waals surface area contributed by atoms with Gasteiger partial charge in [-0.15, -0.1) is 0 Å². The average Bonchev–Trinajstić information content (AvgIpc) is 3.29.